The molecule has 0 unspecified atom stereocenters. The molecular weight excluding hydrogens is 208 g/mol. The summed E-state index contributed by atoms with van der Waals surface area (Å²) in [5, 5.41) is 0. The van der Waals surface area contributed by atoms with E-state index in [1.54, 1.807) is 0 Å². The molecule has 0 aromatic heterocycles. The van der Waals surface area contributed by atoms with Gasteiger partial charge in [0.1, 0.15) is 0 Å². The summed E-state index contributed by atoms with van der Waals surface area (Å²) < 4.78 is 0. The molecule has 1 saturated heterocycles. The monoisotopic (exact) mass is 232 g/mol. The van der Waals surface area contributed by atoms with E-state index in [1.807, 2.05) is 0 Å². The molecule has 1 fully saturated rings. The normalized spacial score (nSPS) is 26.4. The zero-order valence-corrected chi connectivity index (χ0v) is 11.0. The maximum absolute atomic E-state index is 6.26. The predicted octanol–water partition coefficient (Wildman–Crippen LogP) is 2.29. The third-order valence-electron chi connectivity index (χ3n) is 3.90. The summed E-state index contributed by atoms with van der Waals surface area (Å²) in [4.78, 5) is 2.55. The number of nitrogens with two attached hydrogens (primary N) is 1. The minimum Gasteiger partial charge on any atom is -0.327 e. The zero-order valence-electron chi connectivity index (χ0n) is 11.0. The lowest BCUT2D eigenvalue weighted by atomic mass is 9.87. The van der Waals surface area contributed by atoms with Crippen molar-refractivity contribution in [2.24, 2.45) is 11.7 Å². The van der Waals surface area contributed by atoms with Gasteiger partial charge in [0.05, 0.1) is 0 Å². The smallest absolute Gasteiger partial charge is 0.00947 e. The van der Waals surface area contributed by atoms with Crippen LogP contribution in [0.25, 0.3) is 0 Å². The fraction of sp³-hybridized carbons (Fsp3) is 0.600. The minimum absolute atomic E-state index is 0.366. The van der Waals surface area contributed by atoms with Crippen molar-refractivity contribution in [3.63, 3.8) is 0 Å². The van der Waals surface area contributed by atoms with Crippen molar-refractivity contribution in [3.05, 3.63) is 35.9 Å². The molecule has 1 aromatic rings. The largest absolute Gasteiger partial charge is 0.327 e. The molecule has 2 atom stereocenters. The Hall–Kier alpha value is -0.860. The first-order chi connectivity index (χ1) is 8.16. The summed E-state index contributed by atoms with van der Waals surface area (Å²) in [5.74, 6) is 0.605. The molecule has 2 nitrogen and oxygen atoms in total. The van der Waals surface area contributed by atoms with Gasteiger partial charge in [0.25, 0.3) is 0 Å². The number of rotatable bonds is 3. The second-order valence-corrected chi connectivity index (χ2v) is 5.49. The second-order valence-electron chi connectivity index (χ2n) is 5.49. The van der Waals surface area contributed by atoms with Crippen LogP contribution < -0.4 is 5.73 Å². The van der Waals surface area contributed by atoms with E-state index in [-0.39, 0.29) is 0 Å². The standard InChI is InChI=1S/C15H24N2/c1-12(2)17-9-8-15(16)14(11-17)10-13-6-4-3-5-7-13/h3-7,12,14-15H,8-11,16H2,1-2H3/t14-,15+/m0/s1. The molecule has 1 heterocycles. The number of hydrogen-bond acceptors (Lipinski definition) is 2. The van der Waals surface area contributed by atoms with E-state index in [0.29, 0.717) is 18.0 Å². The SMILES string of the molecule is CC(C)N1CC[C@@H](N)[C@@H](Cc2ccccc2)C1. The Morgan fingerprint density at radius 3 is 2.65 bits per heavy atom. The summed E-state index contributed by atoms with van der Waals surface area (Å²) in [7, 11) is 0. The van der Waals surface area contributed by atoms with Crippen LogP contribution in [-0.2, 0) is 6.42 Å². The van der Waals surface area contributed by atoms with Gasteiger partial charge in [-0.3, -0.25) is 0 Å². The molecule has 0 bridgehead atoms. The third-order valence-corrected chi connectivity index (χ3v) is 3.90. The summed E-state index contributed by atoms with van der Waals surface area (Å²) in [6.07, 6.45) is 2.25. The van der Waals surface area contributed by atoms with Crippen molar-refractivity contribution >= 4 is 0 Å². The van der Waals surface area contributed by atoms with Gasteiger partial charge in [-0.05, 0) is 44.7 Å². The lowest BCUT2D eigenvalue weighted by molar-refractivity contribution is 0.123. The van der Waals surface area contributed by atoms with Crippen LogP contribution in [0.1, 0.15) is 25.8 Å². The molecule has 2 N–H and O–H groups in total. The molecular formula is C15H24N2. The van der Waals surface area contributed by atoms with Crippen molar-refractivity contribution in [1.82, 2.24) is 4.90 Å². The summed E-state index contributed by atoms with van der Waals surface area (Å²) in [6, 6.07) is 11.7. The molecule has 0 saturated carbocycles. The van der Waals surface area contributed by atoms with E-state index in [2.05, 4.69) is 49.1 Å². The second kappa shape index (κ2) is 5.65. The van der Waals surface area contributed by atoms with Gasteiger partial charge >= 0.3 is 0 Å². The van der Waals surface area contributed by atoms with Gasteiger partial charge in [-0.25, -0.2) is 0 Å². The number of benzene rings is 1. The highest BCUT2D eigenvalue weighted by molar-refractivity contribution is 5.16. The molecule has 0 amide bonds. The Kier molecular flexibility index (Phi) is 4.19. The van der Waals surface area contributed by atoms with Gasteiger partial charge in [-0.2, -0.15) is 0 Å². The predicted molar refractivity (Wildman–Crippen MR) is 72.9 cm³/mol. The molecule has 1 aliphatic heterocycles. The van der Waals surface area contributed by atoms with Crippen LogP contribution in [0.3, 0.4) is 0 Å². The van der Waals surface area contributed by atoms with Gasteiger partial charge < -0.3 is 10.6 Å². The Labute approximate surface area is 105 Å². The Morgan fingerprint density at radius 2 is 2.00 bits per heavy atom. The van der Waals surface area contributed by atoms with Gasteiger partial charge in [-0.15, -0.1) is 0 Å². The number of hydrogen-bond donors (Lipinski definition) is 1. The van der Waals surface area contributed by atoms with Crippen molar-refractivity contribution in [1.29, 1.82) is 0 Å². The number of nitrogens with zero attached hydrogens (tertiary/aromatic N) is 1. The van der Waals surface area contributed by atoms with Gasteiger partial charge in [0, 0.05) is 18.6 Å². The zero-order chi connectivity index (χ0) is 12.3. The van der Waals surface area contributed by atoms with Crippen LogP contribution in [-0.4, -0.2) is 30.1 Å². The fourth-order valence-electron chi connectivity index (χ4n) is 2.68. The average molecular weight is 232 g/mol. The molecule has 0 spiro atoms. The van der Waals surface area contributed by atoms with Gasteiger partial charge in [0.2, 0.25) is 0 Å². The van der Waals surface area contributed by atoms with Gasteiger partial charge in [0.15, 0.2) is 0 Å². The molecule has 2 rings (SSSR count). The van der Waals surface area contributed by atoms with Crippen LogP contribution in [0, 0.1) is 5.92 Å². The van der Waals surface area contributed by atoms with Crippen LogP contribution in [0.4, 0.5) is 0 Å². The van der Waals surface area contributed by atoms with Crippen LogP contribution in [0.15, 0.2) is 30.3 Å². The third kappa shape index (κ3) is 3.30. The highest BCUT2D eigenvalue weighted by atomic mass is 15.2. The first kappa shape index (κ1) is 12.6. The molecule has 94 valence electrons. The summed E-state index contributed by atoms with van der Waals surface area (Å²) in [6.45, 7) is 6.85. The van der Waals surface area contributed by atoms with Crippen molar-refractivity contribution in [2.45, 2.75) is 38.8 Å². The highest BCUT2D eigenvalue weighted by Gasteiger charge is 2.27. The Balaban J connectivity index is 1.99. The van der Waals surface area contributed by atoms with E-state index in [0.717, 1.165) is 25.9 Å². The van der Waals surface area contributed by atoms with Crippen molar-refractivity contribution < 1.29 is 0 Å². The van der Waals surface area contributed by atoms with E-state index in [4.69, 9.17) is 5.73 Å². The molecule has 1 aliphatic rings. The molecule has 1 aromatic carbocycles. The maximum Gasteiger partial charge on any atom is 0.00947 e. The fourth-order valence-corrected chi connectivity index (χ4v) is 2.68. The molecule has 2 heteroatoms. The maximum atomic E-state index is 6.26. The quantitative estimate of drug-likeness (QED) is 0.866. The lowest BCUT2D eigenvalue weighted by Crippen LogP contribution is -2.50. The first-order valence-corrected chi connectivity index (χ1v) is 6.70. The van der Waals surface area contributed by atoms with E-state index < -0.39 is 0 Å². The number of piperidine rings is 1. The van der Waals surface area contributed by atoms with Crippen molar-refractivity contribution in [2.75, 3.05) is 13.1 Å². The first-order valence-electron chi connectivity index (χ1n) is 6.70. The highest BCUT2D eigenvalue weighted by Crippen LogP contribution is 2.21. The Bertz CT molecular complexity index is 334. The summed E-state index contributed by atoms with van der Waals surface area (Å²) in [5.41, 5.74) is 7.68. The van der Waals surface area contributed by atoms with E-state index in [1.165, 1.54) is 5.56 Å². The van der Waals surface area contributed by atoms with E-state index >= 15 is 0 Å². The topological polar surface area (TPSA) is 29.3 Å². The molecule has 0 aliphatic carbocycles. The molecule has 0 radical (unpaired) electrons. The van der Waals surface area contributed by atoms with Crippen LogP contribution in [0.5, 0.6) is 0 Å². The van der Waals surface area contributed by atoms with E-state index in [9.17, 15) is 0 Å². The van der Waals surface area contributed by atoms with Crippen molar-refractivity contribution in [3.8, 4) is 0 Å². The summed E-state index contributed by atoms with van der Waals surface area (Å²) >= 11 is 0. The number of likely N-dealkylation sites (tertiary alicyclic amines) is 1. The van der Waals surface area contributed by atoms with Gasteiger partial charge in [-0.1, -0.05) is 30.3 Å². The Morgan fingerprint density at radius 1 is 1.29 bits per heavy atom. The van der Waals surface area contributed by atoms with Crippen LogP contribution in [0.2, 0.25) is 0 Å². The lowest BCUT2D eigenvalue weighted by Gasteiger charge is -2.39. The average Bonchev–Trinajstić information content (AvgIpc) is 2.33. The van der Waals surface area contributed by atoms with Crippen LogP contribution >= 0.6 is 0 Å². The minimum atomic E-state index is 0.366. The molecule has 17 heavy (non-hydrogen) atoms.